The first-order valence-corrected chi connectivity index (χ1v) is 20.9. The molecule has 0 atom stereocenters. The second-order valence-corrected chi connectivity index (χ2v) is 15.5. The van der Waals surface area contributed by atoms with E-state index >= 15 is 0 Å². The van der Waals surface area contributed by atoms with E-state index in [9.17, 15) is 24.7 Å². The molecule has 11 heteroatoms. The molecule has 0 aliphatic heterocycles. The molecule has 10 nitrogen and oxygen atoms in total. The first-order valence-electron chi connectivity index (χ1n) is 20.1. The van der Waals surface area contributed by atoms with Crippen LogP contribution in [0.5, 0.6) is 5.75 Å². The molecule has 2 amide bonds. The summed E-state index contributed by atoms with van der Waals surface area (Å²) in [7, 11) is 0. The second kappa shape index (κ2) is 21.5. The largest absolute Gasteiger partial charge is 0.508 e. The summed E-state index contributed by atoms with van der Waals surface area (Å²) in [4.78, 5) is 43.2. The maximum Gasteiger partial charge on any atom is 0.253 e. The van der Waals surface area contributed by atoms with Gasteiger partial charge in [-0.05, 0) is 104 Å². The summed E-state index contributed by atoms with van der Waals surface area (Å²) in [5.41, 5.74) is 18.6. The number of aromatic nitrogens is 1. The van der Waals surface area contributed by atoms with Gasteiger partial charge in [-0.1, -0.05) is 81.8 Å². The lowest BCUT2D eigenvalue weighted by Crippen LogP contribution is -2.33. The molecule has 0 aliphatic carbocycles. The molecule has 0 saturated carbocycles. The van der Waals surface area contributed by atoms with Gasteiger partial charge in [-0.15, -0.1) is 11.3 Å². The maximum absolute atomic E-state index is 14.1. The number of benzene rings is 3. The highest BCUT2D eigenvalue weighted by Crippen LogP contribution is 2.37. The number of unbranched alkanes of at least 4 members (excludes halogenated alkanes) is 8. The summed E-state index contributed by atoms with van der Waals surface area (Å²) >= 11 is 1.25. The van der Waals surface area contributed by atoms with Crippen LogP contribution in [-0.2, 0) is 17.8 Å². The van der Waals surface area contributed by atoms with Crippen LogP contribution in [0.3, 0.4) is 0 Å². The number of phenols is 1. The van der Waals surface area contributed by atoms with Gasteiger partial charge in [-0.2, -0.15) is 0 Å². The Balaban J connectivity index is 1.42. The predicted octanol–water partition coefficient (Wildman–Crippen LogP) is 8.69. The zero-order valence-electron chi connectivity index (χ0n) is 32.6. The summed E-state index contributed by atoms with van der Waals surface area (Å²) in [6.45, 7) is 5.70. The number of carbonyl (C=O) groups excluding carboxylic acids is 3. The highest BCUT2D eigenvalue weighted by Gasteiger charge is 2.22. The Morgan fingerprint density at radius 3 is 2.11 bits per heavy atom. The van der Waals surface area contributed by atoms with Crippen molar-refractivity contribution in [2.24, 2.45) is 11.5 Å². The molecule has 0 radical (unpaired) electrons. The van der Waals surface area contributed by atoms with Crippen LogP contribution < -0.4 is 16.9 Å². The fraction of sp³-hybridized carbons (Fsp3) is 0.400. The van der Waals surface area contributed by atoms with Crippen molar-refractivity contribution in [2.75, 3.05) is 26.2 Å². The number of hydrogen-bond acceptors (Lipinski definition) is 8. The predicted molar refractivity (Wildman–Crippen MR) is 226 cm³/mol. The number of aryl methyl sites for hydroxylation is 1. The Bertz CT molecular complexity index is 2040. The number of nitrogens with two attached hydrogens (primary N) is 2. The third-order valence-electron chi connectivity index (χ3n) is 10.2. The minimum absolute atomic E-state index is 0.0680. The molecule has 5 aromatic rings. The van der Waals surface area contributed by atoms with Crippen molar-refractivity contribution in [3.63, 3.8) is 0 Å². The number of thiophene rings is 1. The van der Waals surface area contributed by atoms with Crippen molar-refractivity contribution in [3.8, 4) is 27.4 Å². The van der Waals surface area contributed by atoms with Crippen LogP contribution in [0.2, 0.25) is 0 Å². The molecular formula is C45H57N5O5S. The molecule has 2 heterocycles. The standard InChI is InChI=1S/C45H57N5O5S/c1-2-3-4-6-10-24-49(25-11-7-5-8-22-46)45(54)33-18-16-32(17-19-33)39-28-34-20-21-35(29-40(34)50(39)26-12-9-23-47)43(53)41-30-37(31-42(52)48-55)44(56-41)36-14-13-15-38(51)27-36/h13-21,27-30,51,55H,2-12,22-26,31,46-47H2,1H3,(H,48,52). The van der Waals surface area contributed by atoms with Crippen LogP contribution >= 0.6 is 11.3 Å². The first kappa shape index (κ1) is 42.3. The molecular weight excluding hydrogens is 723 g/mol. The molecule has 2 aromatic heterocycles. The molecule has 3 aromatic carbocycles. The zero-order valence-corrected chi connectivity index (χ0v) is 33.4. The van der Waals surface area contributed by atoms with E-state index in [1.165, 1.54) is 30.6 Å². The smallest absolute Gasteiger partial charge is 0.253 e. The van der Waals surface area contributed by atoms with E-state index in [1.54, 1.807) is 29.7 Å². The van der Waals surface area contributed by atoms with Crippen molar-refractivity contribution in [1.82, 2.24) is 14.9 Å². The number of aromatic hydroxyl groups is 1. The second-order valence-electron chi connectivity index (χ2n) is 14.5. The molecule has 0 spiro atoms. The lowest BCUT2D eigenvalue weighted by atomic mass is 10.0. The van der Waals surface area contributed by atoms with E-state index in [0.29, 0.717) is 51.6 Å². The van der Waals surface area contributed by atoms with Gasteiger partial charge in [0.25, 0.3) is 5.91 Å². The van der Waals surface area contributed by atoms with Crippen molar-refractivity contribution in [3.05, 3.63) is 100 Å². The van der Waals surface area contributed by atoms with E-state index in [-0.39, 0.29) is 23.9 Å². The number of hydrogen-bond donors (Lipinski definition) is 5. The van der Waals surface area contributed by atoms with Crippen LogP contribution in [0.25, 0.3) is 32.6 Å². The molecule has 0 saturated heterocycles. The summed E-state index contributed by atoms with van der Waals surface area (Å²) in [5.74, 6) is -0.658. The lowest BCUT2D eigenvalue weighted by molar-refractivity contribution is -0.128. The van der Waals surface area contributed by atoms with Gasteiger partial charge < -0.3 is 26.0 Å². The van der Waals surface area contributed by atoms with Crippen LogP contribution in [0.1, 0.15) is 109 Å². The number of hydroxylamine groups is 1. The van der Waals surface area contributed by atoms with Crippen LogP contribution in [0.4, 0.5) is 0 Å². The Hall–Kier alpha value is -4.81. The third-order valence-corrected chi connectivity index (χ3v) is 11.5. The Morgan fingerprint density at radius 2 is 1.43 bits per heavy atom. The first-order chi connectivity index (χ1) is 27.3. The maximum atomic E-state index is 14.1. The van der Waals surface area contributed by atoms with E-state index < -0.39 is 5.91 Å². The lowest BCUT2D eigenvalue weighted by Gasteiger charge is -2.23. The number of amides is 2. The number of nitrogens with one attached hydrogen (secondary N) is 1. The molecule has 7 N–H and O–H groups in total. The van der Waals surface area contributed by atoms with Crippen molar-refractivity contribution in [1.29, 1.82) is 0 Å². The summed E-state index contributed by atoms with van der Waals surface area (Å²) < 4.78 is 2.23. The minimum atomic E-state index is -0.603. The van der Waals surface area contributed by atoms with Gasteiger partial charge in [0.1, 0.15) is 5.75 Å². The van der Waals surface area contributed by atoms with Gasteiger partial charge in [0, 0.05) is 52.2 Å². The van der Waals surface area contributed by atoms with Gasteiger partial charge in [0.05, 0.1) is 11.3 Å². The number of phenolic OH excluding ortho intramolecular Hbond substituents is 1. The van der Waals surface area contributed by atoms with Gasteiger partial charge in [0.2, 0.25) is 11.7 Å². The quantitative estimate of drug-likeness (QED) is 0.0192. The molecule has 0 unspecified atom stereocenters. The minimum Gasteiger partial charge on any atom is -0.508 e. The zero-order chi connectivity index (χ0) is 39.9. The van der Waals surface area contributed by atoms with E-state index in [0.717, 1.165) is 86.6 Å². The summed E-state index contributed by atoms with van der Waals surface area (Å²) in [6, 6.07) is 24.1. The Labute approximate surface area is 334 Å². The van der Waals surface area contributed by atoms with Gasteiger partial charge in [-0.25, -0.2) is 5.48 Å². The van der Waals surface area contributed by atoms with E-state index in [1.807, 2.05) is 53.4 Å². The number of carbonyl (C=O) groups is 3. The highest BCUT2D eigenvalue weighted by atomic mass is 32.1. The molecule has 0 aliphatic rings. The van der Waals surface area contributed by atoms with Crippen molar-refractivity contribution < 1.29 is 24.7 Å². The molecule has 5 rings (SSSR count). The van der Waals surface area contributed by atoms with Gasteiger partial charge in [0.15, 0.2) is 0 Å². The number of ketones is 1. The topological polar surface area (TPSA) is 164 Å². The van der Waals surface area contributed by atoms with Crippen LogP contribution in [-0.4, -0.2) is 63.6 Å². The highest BCUT2D eigenvalue weighted by molar-refractivity contribution is 7.17. The molecule has 56 heavy (non-hydrogen) atoms. The Kier molecular flexibility index (Phi) is 16.2. The average molecular weight is 780 g/mol. The van der Waals surface area contributed by atoms with E-state index in [4.69, 9.17) is 11.5 Å². The molecule has 0 fully saturated rings. The molecule has 298 valence electrons. The number of rotatable bonds is 23. The fourth-order valence-electron chi connectivity index (χ4n) is 7.20. The average Bonchev–Trinajstić information content (AvgIpc) is 3.80. The molecule has 0 bridgehead atoms. The number of fused-ring (bicyclic) bond motifs is 1. The van der Waals surface area contributed by atoms with Gasteiger partial charge >= 0.3 is 0 Å². The summed E-state index contributed by atoms with van der Waals surface area (Å²) in [6.07, 6.45) is 11.5. The fourth-order valence-corrected chi connectivity index (χ4v) is 8.33. The van der Waals surface area contributed by atoms with Crippen LogP contribution in [0, 0.1) is 0 Å². The van der Waals surface area contributed by atoms with Crippen LogP contribution in [0.15, 0.2) is 78.9 Å². The van der Waals surface area contributed by atoms with Crippen molar-refractivity contribution in [2.45, 2.75) is 90.5 Å². The normalized spacial score (nSPS) is 11.3. The van der Waals surface area contributed by atoms with Gasteiger partial charge in [-0.3, -0.25) is 19.6 Å². The monoisotopic (exact) mass is 779 g/mol. The Morgan fingerprint density at radius 1 is 0.750 bits per heavy atom. The SMILES string of the molecule is CCCCCCCN(CCCCCCN)C(=O)c1ccc(-c2cc3ccc(C(=O)c4cc(CC(=O)NO)c(-c5cccc(O)c5)s4)cc3n2CCCCN)cc1. The third kappa shape index (κ3) is 11.2. The number of nitrogens with zero attached hydrogens (tertiary/aromatic N) is 2. The van der Waals surface area contributed by atoms with Crippen molar-refractivity contribution >= 4 is 39.8 Å². The summed E-state index contributed by atoms with van der Waals surface area (Å²) in [5, 5.41) is 20.3. The van der Waals surface area contributed by atoms with E-state index in [2.05, 4.69) is 17.6 Å².